The lowest BCUT2D eigenvalue weighted by atomic mass is 9.89. The Labute approximate surface area is 161 Å². The van der Waals surface area contributed by atoms with Crippen molar-refractivity contribution in [1.82, 2.24) is 25.1 Å². The zero-order valence-corrected chi connectivity index (χ0v) is 15.9. The van der Waals surface area contributed by atoms with Gasteiger partial charge in [-0.2, -0.15) is 0 Å². The molecule has 0 radical (unpaired) electrons. The van der Waals surface area contributed by atoms with Gasteiger partial charge in [0.1, 0.15) is 10.8 Å². The Hall–Kier alpha value is -2.51. The number of rotatable bonds is 3. The predicted octanol–water partition coefficient (Wildman–Crippen LogP) is 3.78. The van der Waals surface area contributed by atoms with E-state index in [0.29, 0.717) is 11.6 Å². The summed E-state index contributed by atoms with van der Waals surface area (Å²) in [5, 5.41) is 24.5. The van der Waals surface area contributed by atoms with E-state index in [1.54, 1.807) is 18.6 Å². The standard InChI is InChI=1S/C20H21N5OS/c1-20-5-4-14(22-20)8-13(11-20)9-18-23-24-19(27-18)16-3-2-15(10-17(16)26)25-7-6-21-12-25/h2-3,6-7,9-10,12,14,22,26H,4-5,8,11H2,1H3/b13-9+/t14-,20+/m1/s1. The summed E-state index contributed by atoms with van der Waals surface area (Å²) in [4.78, 5) is 4.04. The number of hydrogen-bond donors (Lipinski definition) is 2. The number of piperidine rings is 1. The molecule has 2 N–H and O–H groups in total. The van der Waals surface area contributed by atoms with Crippen molar-refractivity contribution in [3.63, 3.8) is 0 Å². The van der Waals surface area contributed by atoms with Crippen LogP contribution in [0.15, 0.2) is 42.5 Å². The van der Waals surface area contributed by atoms with Crippen LogP contribution in [0.1, 0.15) is 37.6 Å². The minimum absolute atomic E-state index is 0.198. The highest BCUT2D eigenvalue weighted by Gasteiger charge is 2.39. The average molecular weight is 379 g/mol. The molecule has 2 fully saturated rings. The quantitative estimate of drug-likeness (QED) is 0.724. The lowest BCUT2D eigenvalue weighted by Gasteiger charge is -2.32. The molecule has 2 atom stereocenters. The van der Waals surface area contributed by atoms with Crippen LogP contribution in [0, 0.1) is 0 Å². The number of nitrogens with zero attached hydrogens (tertiary/aromatic N) is 4. The zero-order valence-electron chi connectivity index (χ0n) is 15.1. The molecule has 5 rings (SSSR count). The van der Waals surface area contributed by atoms with Crippen molar-refractivity contribution in [2.24, 2.45) is 0 Å². The molecule has 2 aromatic heterocycles. The number of imidazole rings is 1. The van der Waals surface area contributed by atoms with Gasteiger partial charge in [0.25, 0.3) is 0 Å². The summed E-state index contributed by atoms with van der Waals surface area (Å²) < 4.78 is 1.85. The number of aromatic hydroxyl groups is 1. The molecule has 138 valence electrons. The van der Waals surface area contributed by atoms with Crippen LogP contribution in [-0.2, 0) is 0 Å². The van der Waals surface area contributed by atoms with E-state index in [4.69, 9.17) is 0 Å². The van der Waals surface area contributed by atoms with Gasteiger partial charge in [-0.1, -0.05) is 16.9 Å². The van der Waals surface area contributed by atoms with Crippen molar-refractivity contribution in [2.75, 3.05) is 0 Å². The van der Waals surface area contributed by atoms with Crippen LogP contribution < -0.4 is 5.32 Å². The summed E-state index contributed by atoms with van der Waals surface area (Å²) in [6.45, 7) is 2.31. The van der Waals surface area contributed by atoms with E-state index in [1.807, 2.05) is 22.9 Å². The maximum absolute atomic E-state index is 10.5. The fraction of sp³-hybridized carbons (Fsp3) is 0.350. The molecule has 2 saturated heterocycles. The second-order valence-electron chi connectivity index (χ2n) is 7.74. The molecule has 0 aliphatic carbocycles. The molecule has 0 saturated carbocycles. The predicted molar refractivity (Wildman–Crippen MR) is 106 cm³/mol. The summed E-state index contributed by atoms with van der Waals surface area (Å²) in [5.41, 5.74) is 3.25. The number of aromatic nitrogens is 4. The summed E-state index contributed by atoms with van der Waals surface area (Å²) in [6.07, 6.45) is 12.1. The molecule has 2 aliphatic rings. The fourth-order valence-electron chi connectivity index (χ4n) is 4.27. The molecule has 0 spiro atoms. The van der Waals surface area contributed by atoms with Crippen LogP contribution in [-0.4, -0.2) is 36.4 Å². The highest BCUT2D eigenvalue weighted by Crippen LogP contribution is 2.39. The summed E-state index contributed by atoms with van der Waals surface area (Å²) in [6, 6.07) is 6.15. The number of phenolic OH excluding ortho intramolecular Hbond substituents is 1. The third kappa shape index (κ3) is 3.17. The van der Waals surface area contributed by atoms with E-state index in [1.165, 1.54) is 29.8 Å². The van der Waals surface area contributed by atoms with Gasteiger partial charge < -0.3 is 15.0 Å². The highest BCUT2D eigenvalue weighted by molar-refractivity contribution is 7.15. The highest BCUT2D eigenvalue weighted by atomic mass is 32.1. The monoisotopic (exact) mass is 379 g/mol. The van der Waals surface area contributed by atoms with Gasteiger partial charge >= 0.3 is 0 Å². The minimum atomic E-state index is 0.198. The van der Waals surface area contributed by atoms with E-state index in [-0.39, 0.29) is 11.3 Å². The maximum Gasteiger partial charge on any atom is 0.151 e. The Morgan fingerprint density at radius 3 is 3.07 bits per heavy atom. The van der Waals surface area contributed by atoms with E-state index >= 15 is 0 Å². The largest absolute Gasteiger partial charge is 0.507 e. The van der Waals surface area contributed by atoms with Crippen LogP contribution in [0.5, 0.6) is 5.75 Å². The maximum atomic E-state index is 10.5. The molecule has 0 amide bonds. The Bertz CT molecular complexity index is 1010. The van der Waals surface area contributed by atoms with Crippen molar-refractivity contribution >= 4 is 17.4 Å². The van der Waals surface area contributed by atoms with Gasteiger partial charge in [-0.3, -0.25) is 0 Å². The second kappa shape index (κ2) is 6.28. The van der Waals surface area contributed by atoms with E-state index in [2.05, 4.69) is 33.5 Å². The van der Waals surface area contributed by atoms with Gasteiger partial charge in [0.15, 0.2) is 5.01 Å². The van der Waals surface area contributed by atoms with Crippen molar-refractivity contribution in [1.29, 1.82) is 0 Å². The van der Waals surface area contributed by atoms with E-state index in [0.717, 1.165) is 28.5 Å². The number of phenols is 1. The molecule has 4 heterocycles. The van der Waals surface area contributed by atoms with E-state index in [9.17, 15) is 5.11 Å². The molecule has 6 nitrogen and oxygen atoms in total. The third-order valence-electron chi connectivity index (χ3n) is 5.51. The molecule has 2 aliphatic heterocycles. The van der Waals surface area contributed by atoms with Gasteiger partial charge in [0, 0.05) is 30.0 Å². The molecule has 1 aromatic carbocycles. The first-order chi connectivity index (χ1) is 13.1. The van der Waals surface area contributed by atoms with E-state index < -0.39 is 0 Å². The van der Waals surface area contributed by atoms with Crippen molar-refractivity contribution < 1.29 is 5.11 Å². The van der Waals surface area contributed by atoms with Gasteiger partial charge in [0.05, 0.1) is 17.6 Å². The zero-order chi connectivity index (χ0) is 18.4. The molecule has 2 bridgehead atoms. The minimum Gasteiger partial charge on any atom is -0.507 e. The first-order valence-electron chi connectivity index (χ1n) is 9.20. The van der Waals surface area contributed by atoms with Crippen molar-refractivity contribution in [3.8, 4) is 22.0 Å². The molecule has 3 aromatic rings. The van der Waals surface area contributed by atoms with Crippen LogP contribution in [0.4, 0.5) is 0 Å². The smallest absolute Gasteiger partial charge is 0.151 e. The summed E-state index contributed by atoms with van der Waals surface area (Å²) in [7, 11) is 0. The number of nitrogens with one attached hydrogen (secondary N) is 1. The molecule has 0 unspecified atom stereocenters. The van der Waals surface area contributed by atoms with Gasteiger partial charge in [-0.15, -0.1) is 10.2 Å². The third-order valence-corrected chi connectivity index (χ3v) is 6.41. The lowest BCUT2D eigenvalue weighted by molar-refractivity contribution is 0.351. The lowest BCUT2D eigenvalue weighted by Crippen LogP contribution is -2.44. The van der Waals surface area contributed by atoms with Crippen LogP contribution in [0.2, 0.25) is 0 Å². The average Bonchev–Trinajstić information content (AvgIpc) is 3.36. The first kappa shape index (κ1) is 16.6. The first-order valence-corrected chi connectivity index (χ1v) is 10.0. The van der Waals surface area contributed by atoms with Gasteiger partial charge in [-0.05, 0) is 50.8 Å². The summed E-state index contributed by atoms with van der Waals surface area (Å²) >= 11 is 1.52. The van der Waals surface area contributed by atoms with Gasteiger partial charge in [-0.25, -0.2) is 4.98 Å². The fourth-order valence-corrected chi connectivity index (χ4v) is 5.14. The van der Waals surface area contributed by atoms with Crippen LogP contribution in [0.25, 0.3) is 22.3 Å². The normalized spacial score (nSPS) is 26.0. The van der Waals surface area contributed by atoms with Crippen molar-refractivity contribution in [2.45, 2.75) is 44.2 Å². The molecule has 7 heteroatoms. The SMILES string of the molecule is C[C@]12CC[C@H](C/C(=C\c3nnc(-c4ccc(-n5ccnc5)cc4O)s3)C1)N2. The molecular weight excluding hydrogens is 358 g/mol. The Balaban J connectivity index is 1.40. The van der Waals surface area contributed by atoms with Crippen LogP contribution in [0.3, 0.4) is 0 Å². The number of fused-ring (bicyclic) bond motifs is 2. The Morgan fingerprint density at radius 1 is 1.37 bits per heavy atom. The topological polar surface area (TPSA) is 75.9 Å². The second-order valence-corrected chi connectivity index (χ2v) is 8.75. The van der Waals surface area contributed by atoms with Crippen LogP contribution >= 0.6 is 11.3 Å². The Kier molecular flexibility index (Phi) is 3.87. The Morgan fingerprint density at radius 2 is 2.30 bits per heavy atom. The number of benzene rings is 1. The molecular formula is C20H21N5OS. The molecule has 27 heavy (non-hydrogen) atoms. The van der Waals surface area contributed by atoms with Gasteiger partial charge in [0.2, 0.25) is 0 Å². The van der Waals surface area contributed by atoms with Crippen molar-refractivity contribution in [3.05, 3.63) is 47.5 Å². The summed E-state index contributed by atoms with van der Waals surface area (Å²) in [5.74, 6) is 0.198. The number of hydrogen-bond acceptors (Lipinski definition) is 6.